The summed E-state index contributed by atoms with van der Waals surface area (Å²) < 4.78 is 13.4. The fourth-order valence-corrected chi connectivity index (χ4v) is 2.55. The molecule has 0 aromatic heterocycles. The Hall–Kier alpha value is -1.28. The molecule has 1 saturated heterocycles. The third kappa shape index (κ3) is 4.34. The van der Waals surface area contributed by atoms with Crippen LogP contribution in [-0.2, 0) is 0 Å². The first kappa shape index (κ1) is 17.8. The second-order valence-corrected chi connectivity index (χ2v) is 4.78. The van der Waals surface area contributed by atoms with Gasteiger partial charge in [0.15, 0.2) is 0 Å². The van der Waals surface area contributed by atoms with Crippen molar-refractivity contribution in [1.82, 2.24) is 10.2 Å². The fraction of sp³-hybridized carbons (Fsp3) is 0.538. The van der Waals surface area contributed by atoms with E-state index in [1.165, 1.54) is 6.07 Å². The average Bonchev–Trinajstić information content (AvgIpc) is 2.46. The predicted molar refractivity (Wildman–Crippen MR) is 79.2 cm³/mol. The number of nitro groups is 1. The summed E-state index contributed by atoms with van der Waals surface area (Å²) in [5.74, 6) is -0.832. The van der Waals surface area contributed by atoms with E-state index in [1.54, 1.807) is 6.07 Å². The fourth-order valence-electron chi connectivity index (χ4n) is 2.55. The van der Waals surface area contributed by atoms with Gasteiger partial charge in [-0.3, -0.25) is 15.0 Å². The Morgan fingerprint density at radius 1 is 1.43 bits per heavy atom. The molecule has 21 heavy (non-hydrogen) atoms. The van der Waals surface area contributed by atoms with E-state index < -0.39 is 16.4 Å². The van der Waals surface area contributed by atoms with Crippen molar-refractivity contribution >= 4 is 18.1 Å². The smallest absolute Gasteiger partial charge is 0.305 e. The molecule has 8 heteroatoms. The Labute approximate surface area is 128 Å². The molecule has 0 bridgehead atoms. The number of piperazine rings is 1. The number of hydrogen-bond acceptors (Lipinski definition) is 5. The third-order valence-electron chi connectivity index (χ3n) is 3.55. The lowest BCUT2D eigenvalue weighted by Gasteiger charge is -2.35. The molecule has 1 atom stereocenters. The normalized spacial score (nSPS) is 17.0. The van der Waals surface area contributed by atoms with Crippen molar-refractivity contribution in [2.24, 2.45) is 0 Å². The van der Waals surface area contributed by atoms with E-state index in [0.717, 1.165) is 32.2 Å². The van der Waals surface area contributed by atoms with Gasteiger partial charge in [-0.05, 0) is 18.1 Å². The SMILES string of the molecule is Cl.O=[N+]([O-])c1cc([C@@H](CCO)N2CCNCC2)ccc1F. The molecular weight excluding hydrogens is 301 g/mol. The van der Waals surface area contributed by atoms with Gasteiger partial charge in [0.25, 0.3) is 0 Å². The van der Waals surface area contributed by atoms with E-state index in [-0.39, 0.29) is 25.1 Å². The Balaban J connectivity index is 0.00000220. The van der Waals surface area contributed by atoms with E-state index in [4.69, 9.17) is 0 Å². The lowest BCUT2D eigenvalue weighted by molar-refractivity contribution is -0.387. The summed E-state index contributed by atoms with van der Waals surface area (Å²) in [6.45, 7) is 3.27. The summed E-state index contributed by atoms with van der Waals surface area (Å²) in [5, 5.41) is 23.3. The molecule has 0 unspecified atom stereocenters. The molecule has 1 heterocycles. The number of benzene rings is 1. The van der Waals surface area contributed by atoms with Crippen LogP contribution in [0.15, 0.2) is 18.2 Å². The summed E-state index contributed by atoms with van der Waals surface area (Å²) in [6.07, 6.45) is 0.475. The molecule has 0 radical (unpaired) electrons. The number of nitrogens with zero attached hydrogens (tertiary/aromatic N) is 2. The molecule has 118 valence electrons. The van der Waals surface area contributed by atoms with Crippen molar-refractivity contribution in [2.75, 3.05) is 32.8 Å². The molecule has 2 N–H and O–H groups in total. The van der Waals surface area contributed by atoms with Gasteiger partial charge in [0.2, 0.25) is 5.82 Å². The van der Waals surface area contributed by atoms with Crippen molar-refractivity contribution in [2.45, 2.75) is 12.5 Å². The molecule has 1 aromatic carbocycles. The van der Waals surface area contributed by atoms with Gasteiger partial charge in [-0.15, -0.1) is 12.4 Å². The van der Waals surface area contributed by atoms with Crippen LogP contribution in [0.1, 0.15) is 18.0 Å². The number of aliphatic hydroxyl groups is 1. The first-order valence-corrected chi connectivity index (χ1v) is 6.63. The van der Waals surface area contributed by atoms with Crippen LogP contribution in [-0.4, -0.2) is 47.7 Å². The van der Waals surface area contributed by atoms with Gasteiger partial charge >= 0.3 is 5.69 Å². The molecule has 2 rings (SSSR count). The van der Waals surface area contributed by atoms with Gasteiger partial charge in [-0.25, -0.2) is 0 Å². The second kappa shape index (κ2) is 8.23. The molecule has 1 aliphatic rings. The maximum absolute atomic E-state index is 13.4. The summed E-state index contributed by atoms with van der Waals surface area (Å²) >= 11 is 0. The molecule has 0 aliphatic carbocycles. The maximum atomic E-state index is 13.4. The zero-order valence-electron chi connectivity index (χ0n) is 11.5. The number of rotatable bonds is 5. The highest BCUT2D eigenvalue weighted by atomic mass is 35.5. The van der Waals surface area contributed by atoms with Crippen LogP contribution in [0.3, 0.4) is 0 Å². The van der Waals surface area contributed by atoms with Crippen LogP contribution < -0.4 is 5.32 Å². The molecule has 1 aliphatic heterocycles. The number of nitrogens with one attached hydrogen (secondary N) is 1. The zero-order chi connectivity index (χ0) is 14.5. The number of aliphatic hydroxyl groups excluding tert-OH is 1. The van der Waals surface area contributed by atoms with E-state index in [2.05, 4.69) is 10.2 Å². The first-order valence-electron chi connectivity index (χ1n) is 6.63. The number of nitro benzene ring substituents is 1. The van der Waals surface area contributed by atoms with Crippen LogP contribution in [0.2, 0.25) is 0 Å². The van der Waals surface area contributed by atoms with Crippen LogP contribution in [0, 0.1) is 15.9 Å². The topological polar surface area (TPSA) is 78.6 Å². The van der Waals surface area contributed by atoms with Crippen LogP contribution in [0.5, 0.6) is 0 Å². The van der Waals surface area contributed by atoms with Crippen LogP contribution in [0.4, 0.5) is 10.1 Å². The van der Waals surface area contributed by atoms with E-state index in [1.807, 2.05) is 0 Å². The Bertz CT molecular complexity index is 484. The second-order valence-electron chi connectivity index (χ2n) is 4.78. The summed E-state index contributed by atoms with van der Waals surface area (Å²) in [7, 11) is 0. The van der Waals surface area contributed by atoms with Crippen molar-refractivity contribution in [3.8, 4) is 0 Å². The average molecular weight is 320 g/mol. The summed E-state index contributed by atoms with van der Waals surface area (Å²) in [5.41, 5.74) is 0.162. The molecule has 1 fully saturated rings. The molecule has 0 spiro atoms. The van der Waals surface area contributed by atoms with Gasteiger partial charge < -0.3 is 10.4 Å². The largest absolute Gasteiger partial charge is 0.396 e. The highest BCUT2D eigenvalue weighted by Gasteiger charge is 2.24. The monoisotopic (exact) mass is 319 g/mol. The van der Waals surface area contributed by atoms with E-state index >= 15 is 0 Å². The van der Waals surface area contributed by atoms with Crippen molar-refractivity contribution in [3.05, 3.63) is 39.7 Å². The molecule has 6 nitrogen and oxygen atoms in total. The minimum atomic E-state index is -0.832. The van der Waals surface area contributed by atoms with Gasteiger partial charge in [0.1, 0.15) is 0 Å². The predicted octanol–water partition coefficient (Wildman–Crippen LogP) is 1.48. The molecule has 0 saturated carbocycles. The quantitative estimate of drug-likeness (QED) is 0.635. The van der Waals surface area contributed by atoms with Crippen LogP contribution >= 0.6 is 12.4 Å². The summed E-state index contributed by atoms with van der Waals surface area (Å²) in [4.78, 5) is 12.3. The lowest BCUT2D eigenvalue weighted by atomic mass is 10.0. The highest BCUT2D eigenvalue weighted by Crippen LogP contribution is 2.28. The van der Waals surface area contributed by atoms with Gasteiger partial charge in [0, 0.05) is 44.9 Å². The Kier molecular flexibility index (Phi) is 6.97. The van der Waals surface area contributed by atoms with E-state index in [0.29, 0.717) is 12.0 Å². The van der Waals surface area contributed by atoms with Crippen molar-refractivity contribution in [3.63, 3.8) is 0 Å². The summed E-state index contributed by atoms with van der Waals surface area (Å²) in [6, 6.07) is 3.84. The lowest BCUT2D eigenvalue weighted by Crippen LogP contribution is -2.45. The molecule has 0 amide bonds. The van der Waals surface area contributed by atoms with Crippen molar-refractivity contribution in [1.29, 1.82) is 0 Å². The minimum absolute atomic E-state index is 0. The maximum Gasteiger partial charge on any atom is 0.305 e. The molecular formula is C13H19ClFN3O3. The van der Waals surface area contributed by atoms with Gasteiger partial charge in [-0.1, -0.05) is 6.07 Å². The van der Waals surface area contributed by atoms with Gasteiger partial charge in [-0.2, -0.15) is 4.39 Å². The van der Waals surface area contributed by atoms with Crippen LogP contribution in [0.25, 0.3) is 0 Å². The molecule has 1 aromatic rings. The minimum Gasteiger partial charge on any atom is -0.396 e. The van der Waals surface area contributed by atoms with Gasteiger partial charge in [0.05, 0.1) is 4.92 Å². The Morgan fingerprint density at radius 3 is 2.67 bits per heavy atom. The van der Waals surface area contributed by atoms with E-state index in [9.17, 15) is 19.6 Å². The Morgan fingerprint density at radius 2 is 2.10 bits per heavy atom. The standard InChI is InChI=1S/C13H18FN3O3.ClH/c14-11-2-1-10(9-13(11)17(19)20)12(3-8-18)16-6-4-15-5-7-16;/h1-2,9,12,15,18H,3-8H2;1H/t12-;/m1./s1. The van der Waals surface area contributed by atoms with Crippen molar-refractivity contribution < 1.29 is 14.4 Å². The third-order valence-corrected chi connectivity index (χ3v) is 3.55. The number of hydrogen-bond donors (Lipinski definition) is 2. The highest BCUT2D eigenvalue weighted by molar-refractivity contribution is 5.85. The first-order chi connectivity index (χ1) is 9.63. The zero-order valence-corrected chi connectivity index (χ0v) is 12.3. The number of halogens is 2.